The van der Waals surface area contributed by atoms with Crippen molar-refractivity contribution in [1.29, 1.82) is 0 Å². The van der Waals surface area contributed by atoms with Gasteiger partial charge in [0, 0.05) is 88.1 Å². The van der Waals surface area contributed by atoms with Gasteiger partial charge >= 0.3 is 0 Å². The Bertz CT molecular complexity index is 2120. The lowest BCUT2D eigenvalue weighted by atomic mass is 10.1. The zero-order valence-corrected chi connectivity index (χ0v) is 27.9. The number of aromatic nitrogens is 4. The third kappa shape index (κ3) is 5.82. The zero-order chi connectivity index (χ0) is 31.5. The number of hydrogen-bond acceptors (Lipinski definition) is 9. The quantitative estimate of drug-likeness (QED) is 0.267. The number of piperazine rings is 2. The normalized spacial score (nSPS) is 16.6. The second-order valence-corrected chi connectivity index (χ2v) is 12.2. The van der Waals surface area contributed by atoms with Crippen molar-refractivity contribution in [2.45, 2.75) is 32.4 Å². The van der Waals surface area contributed by atoms with Crippen molar-refractivity contribution in [3.8, 4) is 22.9 Å². The molecule has 0 amide bonds. The lowest BCUT2D eigenvalue weighted by Gasteiger charge is -2.30. The van der Waals surface area contributed by atoms with Gasteiger partial charge in [0.2, 0.25) is 10.9 Å². The average molecular weight is 702 g/mol. The van der Waals surface area contributed by atoms with Gasteiger partial charge in [-0.2, -0.15) is 0 Å². The largest absolute Gasteiger partial charge is 0.416 e. The molecule has 0 radical (unpaired) electrons. The number of rotatable bonds is 6. The van der Waals surface area contributed by atoms with Gasteiger partial charge in [0.25, 0.3) is 11.8 Å². The van der Waals surface area contributed by atoms with Crippen molar-refractivity contribution < 1.29 is 13.2 Å². The molecule has 3 aliphatic rings. The second-order valence-electron chi connectivity index (χ2n) is 12.2. The highest BCUT2D eigenvalue weighted by Gasteiger charge is 2.29. The minimum atomic E-state index is -0.471. The fourth-order valence-electron chi connectivity index (χ4n) is 6.72. The Labute approximate surface area is 286 Å². The van der Waals surface area contributed by atoms with Crippen molar-refractivity contribution in [3.63, 3.8) is 0 Å². The maximum Gasteiger partial charge on any atom is 0.253 e. The molecule has 5 aromatic rings. The van der Waals surface area contributed by atoms with Gasteiger partial charge in [0.1, 0.15) is 22.8 Å². The summed E-state index contributed by atoms with van der Waals surface area (Å²) in [6, 6.07) is 6.26. The van der Waals surface area contributed by atoms with Gasteiger partial charge < -0.3 is 34.0 Å². The van der Waals surface area contributed by atoms with Crippen LogP contribution in [0.25, 0.3) is 44.7 Å². The molecule has 15 heteroatoms. The van der Waals surface area contributed by atoms with Crippen LogP contribution < -0.4 is 31.3 Å². The van der Waals surface area contributed by atoms with E-state index in [9.17, 15) is 9.59 Å². The van der Waals surface area contributed by atoms with E-state index in [2.05, 4.69) is 20.8 Å². The molecule has 0 spiro atoms. The molecule has 0 unspecified atom stereocenters. The molecule has 5 heterocycles. The second kappa shape index (κ2) is 13.5. The minimum Gasteiger partial charge on any atom is -0.416 e. The Kier molecular flexibility index (Phi) is 9.49. The first-order valence-electron chi connectivity index (χ1n) is 15.9. The van der Waals surface area contributed by atoms with Crippen molar-refractivity contribution in [2.75, 3.05) is 62.2 Å². The van der Waals surface area contributed by atoms with E-state index in [1.54, 1.807) is 24.5 Å². The first-order chi connectivity index (χ1) is 22.4. The first kappa shape index (κ1) is 33.8. The topological polar surface area (TPSA) is 113 Å². The summed E-state index contributed by atoms with van der Waals surface area (Å²) in [6.45, 7) is 8.17. The molecule has 2 N–H and O–H groups in total. The molecule has 2 aromatic carbocycles. The molecule has 48 heavy (non-hydrogen) atoms. The molecule has 11 nitrogen and oxygen atoms in total. The summed E-state index contributed by atoms with van der Waals surface area (Å²) in [5.74, 6) is -1.07. The van der Waals surface area contributed by atoms with Crippen molar-refractivity contribution >= 4 is 58.0 Å². The van der Waals surface area contributed by atoms with Gasteiger partial charge in [-0.05, 0) is 44.0 Å². The van der Waals surface area contributed by atoms with Crippen LogP contribution in [0.3, 0.4) is 0 Å². The van der Waals surface area contributed by atoms with Gasteiger partial charge in [-0.1, -0.05) is 0 Å². The van der Waals surface area contributed by atoms with Crippen LogP contribution in [-0.4, -0.2) is 71.7 Å². The number of nitrogens with one attached hydrogen (secondary N) is 2. The smallest absolute Gasteiger partial charge is 0.253 e. The standard InChI is InChI=1S/C33H34F2N8O3.2ClH/c1-2-40-17-22(30(44)20-13-24(34)28(15-26(20)40)41-9-5-36-6-10-41)32-38-39-33(46-32)23-18-43(19-3-4-19)27-16-29(42-11-7-37-8-12-42)25(35)14-21(27)31(23)45;;/h13-19,36-37H,2-12H2,1H3;2*1H. The molecule has 1 aliphatic carbocycles. The molecule has 3 fully saturated rings. The predicted molar refractivity (Wildman–Crippen MR) is 187 cm³/mol. The Hall–Kier alpha value is -4.04. The minimum absolute atomic E-state index is 0. The Morgan fingerprint density at radius 1 is 0.750 bits per heavy atom. The number of aryl methyl sites for hydroxylation is 1. The number of pyridine rings is 2. The summed E-state index contributed by atoms with van der Waals surface area (Å²) >= 11 is 0. The first-order valence-corrected chi connectivity index (χ1v) is 15.9. The van der Waals surface area contributed by atoms with Crippen LogP contribution in [-0.2, 0) is 6.54 Å². The fraction of sp³-hybridized carbons (Fsp3) is 0.394. The highest BCUT2D eigenvalue weighted by atomic mass is 35.5. The third-order valence-electron chi connectivity index (χ3n) is 9.33. The third-order valence-corrected chi connectivity index (χ3v) is 9.33. The number of benzene rings is 2. The predicted octanol–water partition coefficient (Wildman–Crippen LogP) is 4.33. The molecule has 1 saturated carbocycles. The number of halogens is 4. The lowest BCUT2D eigenvalue weighted by Crippen LogP contribution is -2.43. The highest BCUT2D eigenvalue weighted by Crippen LogP contribution is 2.39. The highest BCUT2D eigenvalue weighted by molar-refractivity contribution is 5.88. The van der Waals surface area contributed by atoms with E-state index in [1.165, 1.54) is 12.1 Å². The average Bonchev–Trinajstić information content (AvgIpc) is 3.82. The molecule has 0 atom stereocenters. The van der Waals surface area contributed by atoms with Gasteiger partial charge in [-0.3, -0.25) is 9.59 Å². The summed E-state index contributed by atoms with van der Waals surface area (Å²) in [5.41, 5.74) is 1.58. The molecule has 3 aromatic heterocycles. The molecular weight excluding hydrogens is 665 g/mol. The van der Waals surface area contributed by atoms with E-state index >= 15 is 8.78 Å². The van der Waals surface area contributed by atoms with Gasteiger partial charge in [0.05, 0.1) is 22.4 Å². The van der Waals surface area contributed by atoms with E-state index in [-0.39, 0.29) is 64.5 Å². The SMILES string of the molecule is CCn1cc(-c2nnc(-c3cn(C4CC4)c4cc(N5CCNCC5)c(F)cc4c3=O)o2)c(=O)c2cc(F)c(N3CCNCC3)cc21.Cl.Cl. The number of nitrogens with zero attached hydrogens (tertiary/aromatic N) is 6. The molecule has 2 saturated heterocycles. The van der Waals surface area contributed by atoms with E-state index < -0.39 is 22.5 Å². The van der Waals surface area contributed by atoms with Crippen LogP contribution in [0.4, 0.5) is 20.2 Å². The van der Waals surface area contributed by atoms with E-state index in [0.29, 0.717) is 55.1 Å². The fourth-order valence-corrected chi connectivity index (χ4v) is 6.72. The number of fused-ring (bicyclic) bond motifs is 2. The summed E-state index contributed by atoms with van der Waals surface area (Å²) in [5, 5.41) is 15.3. The summed E-state index contributed by atoms with van der Waals surface area (Å²) < 4.78 is 40.7. The maximum atomic E-state index is 15.5. The van der Waals surface area contributed by atoms with Crippen LogP contribution >= 0.6 is 24.8 Å². The van der Waals surface area contributed by atoms with Crippen LogP contribution in [0, 0.1) is 11.6 Å². The summed E-state index contributed by atoms with van der Waals surface area (Å²) in [7, 11) is 0. The van der Waals surface area contributed by atoms with Crippen LogP contribution in [0.5, 0.6) is 0 Å². The number of anilines is 2. The lowest BCUT2D eigenvalue weighted by molar-refractivity contribution is 0.566. The zero-order valence-electron chi connectivity index (χ0n) is 26.3. The Balaban J connectivity index is 0.00000201. The van der Waals surface area contributed by atoms with E-state index in [4.69, 9.17) is 4.42 Å². The van der Waals surface area contributed by atoms with Crippen molar-refractivity contribution in [1.82, 2.24) is 30.0 Å². The van der Waals surface area contributed by atoms with E-state index in [1.807, 2.05) is 25.9 Å². The van der Waals surface area contributed by atoms with Crippen molar-refractivity contribution in [3.05, 3.63) is 68.7 Å². The van der Waals surface area contributed by atoms with Gasteiger partial charge in [0.15, 0.2) is 0 Å². The Morgan fingerprint density at radius 2 is 1.23 bits per heavy atom. The molecule has 254 valence electrons. The maximum absolute atomic E-state index is 15.5. The van der Waals surface area contributed by atoms with Crippen LogP contribution in [0.2, 0.25) is 0 Å². The molecule has 0 bridgehead atoms. The summed E-state index contributed by atoms with van der Waals surface area (Å²) in [4.78, 5) is 31.5. The van der Waals surface area contributed by atoms with Gasteiger partial charge in [-0.25, -0.2) is 8.78 Å². The molecular formula is C33H36Cl2F2N8O3. The van der Waals surface area contributed by atoms with Crippen LogP contribution in [0.1, 0.15) is 25.8 Å². The van der Waals surface area contributed by atoms with Gasteiger partial charge in [-0.15, -0.1) is 35.0 Å². The monoisotopic (exact) mass is 700 g/mol. The van der Waals surface area contributed by atoms with E-state index in [0.717, 1.165) is 39.0 Å². The molecule has 2 aliphatic heterocycles. The molecule has 8 rings (SSSR count). The van der Waals surface area contributed by atoms with Crippen molar-refractivity contribution in [2.24, 2.45) is 0 Å². The van der Waals surface area contributed by atoms with Crippen LogP contribution in [0.15, 0.2) is 50.7 Å². The summed E-state index contributed by atoms with van der Waals surface area (Å²) in [6.07, 6.45) is 5.22. The Morgan fingerprint density at radius 3 is 1.73 bits per heavy atom. The number of hydrogen-bond donors (Lipinski definition) is 2.